The lowest BCUT2D eigenvalue weighted by molar-refractivity contribution is -0.155. The van der Waals surface area contributed by atoms with Crippen molar-refractivity contribution in [1.29, 1.82) is 0 Å². The molecule has 0 saturated carbocycles. The maximum atomic E-state index is 10.9. The zero-order chi connectivity index (χ0) is 10.9. The molecule has 78 valence electrons. The van der Waals surface area contributed by atoms with Crippen molar-refractivity contribution in [3.63, 3.8) is 0 Å². The molecule has 2 N–H and O–H groups in total. The molecule has 3 atom stereocenters. The van der Waals surface area contributed by atoms with Crippen LogP contribution in [0.25, 0.3) is 0 Å². The molecule has 0 aromatic rings. The Balaban J connectivity index is 2.99. The van der Waals surface area contributed by atoms with Crippen LogP contribution in [0, 0.1) is 17.8 Å². The van der Waals surface area contributed by atoms with Gasteiger partial charge in [-0.2, -0.15) is 0 Å². The molecule has 0 spiro atoms. The zero-order valence-electron chi connectivity index (χ0n) is 8.23. The summed E-state index contributed by atoms with van der Waals surface area (Å²) >= 11 is 0. The molecule has 0 aromatic carbocycles. The van der Waals surface area contributed by atoms with Crippen molar-refractivity contribution in [2.75, 3.05) is 0 Å². The third-order valence-electron chi connectivity index (χ3n) is 2.99. The summed E-state index contributed by atoms with van der Waals surface area (Å²) in [6, 6.07) is 0. The fourth-order valence-electron chi connectivity index (χ4n) is 1.92. The van der Waals surface area contributed by atoms with Crippen molar-refractivity contribution in [3.05, 3.63) is 11.6 Å². The number of hydrogen-bond donors (Lipinski definition) is 2. The molecule has 0 radical (unpaired) electrons. The third kappa shape index (κ3) is 1.78. The van der Waals surface area contributed by atoms with E-state index in [4.69, 9.17) is 10.2 Å². The van der Waals surface area contributed by atoms with E-state index in [9.17, 15) is 9.59 Å². The van der Waals surface area contributed by atoms with Crippen LogP contribution in [0.3, 0.4) is 0 Å². The highest BCUT2D eigenvalue weighted by molar-refractivity contribution is 5.81. The summed E-state index contributed by atoms with van der Waals surface area (Å²) in [6.07, 6.45) is 2.14. The van der Waals surface area contributed by atoms with Gasteiger partial charge in [0.05, 0.1) is 11.8 Å². The highest BCUT2D eigenvalue weighted by atomic mass is 16.4. The summed E-state index contributed by atoms with van der Waals surface area (Å²) in [5.41, 5.74) is 0.968. The smallest absolute Gasteiger partial charge is 0.307 e. The summed E-state index contributed by atoms with van der Waals surface area (Å²) in [5.74, 6) is -3.81. The molecule has 4 nitrogen and oxygen atoms in total. The van der Waals surface area contributed by atoms with Gasteiger partial charge in [0.15, 0.2) is 0 Å². The van der Waals surface area contributed by atoms with Crippen molar-refractivity contribution >= 4 is 11.9 Å². The number of carboxylic acid groups (broad SMARTS) is 2. The molecule has 1 rings (SSSR count). The van der Waals surface area contributed by atoms with Gasteiger partial charge in [-0.05, 0) is 19.3 Å². The van der Waals surface area contributed by atoms with E-state index in [0.717, 1.165) is 5.57 Å². The molecule has 1 aliphatic carbocycles. The van der Waals surface area contributed by atoms with Crippen molar-refractivity contribution in [2.45, 2.75) is 20.3 Å². The molecule has 14 heavy (non-hydrogen) atoms. The van der Waals surface area contributed by atoms with E-state index in [1.165, 1.54) is 0 Å². The summed E-state index contributed by atoms with van der Waals surface area (Å²) < 4.78 is 0. The Kier molecular flexibility index (Phi) is 2.93. The zero-order valence-corrected chi connectivity index (χ0v) is 8.23. The van der Waals surface area contributed by atoms with Gasteiger partial charge in [-0.3, -0.25) is 9.59 Å². The normalized spacial score (nSPS) is 32.1. The number of allylic oxidation sites excluding steroid dienone is 2. The monoisotopic (exact) mass is 198 g/mol. The Hall–Kier alpha value is -1.32. The summed E-state index contributed by atoms with van der Waals surface area (Å²) in [6.45, 7) is 3.61. The molecule has 1 aliphatic rings. The quantitative estimate of drug-likeness (QED) is 0.657. The van der Waals surface area contributed by atoms with Gasteiger partial charge in [-0.25, -0.2) is 0 Å². The predicted octanol–water partition coefficient (Wildman–Crippen LogP) is 1.37. The SMILES string of the molecule is CC1=CCC(C(=O)O)C(C(=O)O)C1C. The topological polar surface area (TPSA) is 74.6 Å². The average molecular weight is 198 g/mol. The number of hydrogen-bond acceptors (Lipinski definition) is 2. The number of aliphatic carboxylic acids is 2. The molecule has 0 saturated heterocycles. The Morgan fingerprint density at radius 3 is 2.36 bits per heavy atom. The summed E-state index contributed by atoms with van der Waals surface area (Å²) in [4.78, 5) is 21.8. The van der Waals surface area contributed by atoms with Gasteiger partial charge in [-0.1, -0.05) is 18.6 Å². The molecule has 0 amide bonds. The van der Waals surface area contributed by atoms with Crippen LogP contribution in [-0.4, -0.2) is 22.2 Å². The first-order valence-electron chi connectivity index (χ1n) is 4.57. The van der Waals surface area contributed by atoms with E-state index in [1.807, 2.05) is 13.0 Å². The molecule has 4 heteroatoms. The Bertz CT molecular complexity index is 292. The van der Waals surface area contributed by atoms with Crippen molar-refractivity contribution in [3.8, 4) is 0 Å². The first-order chi connectivity index (χ1) is 6.45. The summed E-state index contributed by atoms with van der Waals surface area (Å²) in [7, 11) is 0. The number of carboxylic acids is 2. The standard InChI is InChI=1S/C10H14O4/c1-5-3-4-7(9(11)12)8(6(5)2)10(13)14/h3,6-8H,4H2,1-2H3,(H,11,12)(H,13,14). The van der Waals surface area contributed by atoms with Gasteiger partial charge in [0.2, 0.25) is 0 Å². The minimum Gasteiger partial charge on any atom is -0.481 e. The summed E-state index contributed by atoms with van der Waals surface area (Å²) in [5, 5.41) is 17.8. The lowest BCUT2D eigenvalue weighted by Gasteiger charge is -2.30. The second-order valence-electron chi connectivity index (χ2n) is 3.78. The van der Waals surface area contributed by atoms with E-state index in [0.29, 0.717) is 6.42 Å². The van der Waals surface area contributed by atoms with Gasteiger partial charge in [0.1, 0.15) is 0 Å². The van der Waals surface area contributed by atoms with Gasteiger partial charge >= 0.3 is 11.9 Å². The van der Waals surface area contributed by atoms with E-state index in [2.05, 4.69) is 0 Å². The Morgan fingerprint density at radius 1 is 1.36 bits per heavy atom. The maximum absolute atomic E-state index is 10.9. The minimum atomic E-state index is -1.02. The van der Waals surface area contributed by atoms with Crippen LogP contribution in [0.5, 0.6) is 0 Å². The first-order valence-corrected chi connectivity index (χ1v) is 4.57. The van der Waals surface area contributed by atoms with Crippen LogP contribution >= 0.6 is 0 Å². The van der Waals surface area contributed by atoms with E-state index < -0.39 is 23.8 Å². The van der Waals surface area contributed by atoms with Gasteiger partial charge in [0, 0.05) is 0 Å². The largest absolute Gasteiger partial charge is 0.481 e. The second kappa shape index (κ2) is 3.82. The second-order valence-corrected chi connectivity index (χ2v) is 3.78. The van der Waals surface area contributed by atoms with Crippen molar-refractivity contribution in [2.24, 2.45) is 17.8 Å². The molecule has 0 aliphatic heterocycles. The molecule has 0 bridgehead atoms. The van der Waals surface area contributed by atoms with Crippen LogP contribution in [0.2, 0.25) is 0 Å². The number of rotatable bonds is 2. The highest BCUT2D eigenvalue weighted by Gasteiger charge is 2.40. The van der Waals surface area contributed by atoms with Crippen LogP contribution in [-0.2, 0) is 9.59 Å². The van der Waals surface area contributed by atoms with Crippen LogP contribution in [0.15, 0.2) is 11.6 Å². The average Bonchev–Trinajstić information content (AvgIpc) is 2.08. The van der Waals surface area contributed by atoms with Gasteiger partial charge in [-0.15, -0.1) is 0 Å². The molecule has 0 fully saturated rings. The van der Waals surface area contributed by atoms with E-state index >= 15 is 0 Å². The van der Waals surface area contributed by atoms with Crippen LogP contribution in [0.1, 0.15) is 20.3 Å². The first kappa shape index (κ1) is 10.8. The van der Waals surface area contributed by atoms with Crippen LogP contribution in [0.4, 0.5) is 0 Å². The van der Waals surface area contributed by atoms with Crippen molar-refractivity contribution < 1.29 is 19.8 Å². The molecular weight excluding hydrogens is 184 g/mol. The Morgan fingerprint density at radius 2 is 1.93 bits per heavy atom. The molecule has 0 heterocycles. The molecule has 3 unspecified atom stereocenters. The molecular formula is C10H14O4. The van der Waals surface area contributed by atoms with Crippen molar-refractivity contribution in [1.82, 2.24) is 0 Å². The predicted molar refractivity (Wildman–Crippen MR) is 49.8 cm³/mol. The van der Waals surface area contributed by atoms with Gasteiger partial charge < -0.3 is 10.2 Å². The fourth-order valence-corrected chi connectivity index (χ4v) is 1.92. The number of carbonyl (C=O) groups is 2. The lowest BCUT2D eigenvalue weighted by Crippen LogP contribution is -2.37. The van der Waals surface area contributed by atoms with E-state index in [1.54, 1.807) is 6.92 Å². The minimum absolute atomic E-state index is 0.192. The molecule has 0 aromatic heterocycles. The third-order valence-corrected chi connectivity index (χ3v) is 2.99. The lowest BCUT2D eigenvalue weighted by atomic mass is 9.73. The maximum Gasteiger partial charge on any atom is 0.307 e. The Labute approximate surface area is 82.2 Å². The highest BCUT2D eigenvalue weighted by Crippen LogP contribution is 2.34. The van der Waals surface area contributed by atoms with Gasteiger partial charge in [0.25, 0.3) is 0 Å². The van der Waals surface area contributed by atoms with Crippen LogP contribution < -0.4 is 0 Å². The van der Waals surface area contributed by atoms with E-state index in [-0.39, 0.29) is 5.92 Å². The fraction of sp³-hybridized carbons (Fsp3) is 0.600.